The van der Waals surface area contributed by atoms with Crippen LogP contribution in [0.25, 0.3) is 6.08 Å². The molecule has 0 aliphatic carbocycles. The Balaban J connectivity index is 1.79. The first-order valence-corrected chi connectivity index (χ1v) is 7.64. The Bertz CT molecular complexity index is 553. The molecule has 2 aliphatic heterocycles. The second-order valence-electron chi connectivity index (χ2n) is 6.78. The first-order valence-electron chi connectivity index (χ1n) is 7.64. The second kappa shape index (κ2) is 5.14. The van der Waals surface area contributed by atoms with E-state index in [1.807, 2.05) is 24.4 Å². The number of aryl methyl sites for hydroxylation is 1. The fraction of sp³-hybridized carbons (Fsp3) is 0.562. The molecule has 2 aliphatic rings. The van der Waals surface area contributed by atoms with E-state index in [2.05, 4.69) is 38.0 Å². The van der Waals surface area contributed by atoms with Gasteiger partial charge in [-0.2, -0.15) is 0 Å². The van der Waals surface area contributed by atoms with E-state index in [4.69, 9.17) is 9.31 Å². The molecule has 5 heteroatoms. The molecule has 0 radical (unpaired) electrons. The lowest BCUT2D eigenvalue weighted by atomic mass is 9.88. The maximum Gasteiger partial charge on any atom is 0.487 e. The third kappa shape index (κ3) is 2.72. The van der Waals surface area contributed by atoms with Crippen LogP contribution in [0.1, 0.15) is 45.2 Å². The van der Waals surface area contributed by atoms with E-state index in [0.29, 0.717) is 0 Å². The third-order valence-electron chi connectivity index (χ3n) is 4.68. The van der Waals surface area contributed by atoms with Crippen molar-refractivity contribution in [1.29, 1.82) is 0 Å². The minimum atomic E-state index is -0.311. The van der Waals surface area contributed by atoms with Crippen LogP contribution in [0.2, 0.25) is 0 Å². The lowest BCUT2D eigenvalue weighted by Crippen LogP contribution is -2.41. The number of nitrogens with one attached hydrogen (secondary N) is 1. The first kappa shape index (κ1) is 14.6. The Hall–Kier alpha value is -1.33. The SMILES string of the molecule is CC1(C)OB(/C=C/c2cncc3c2NCCC3)OC1(C)C. The first-order chi connectivity index (χ1) is 9.89. The van der Waals surface area contributed by atoms with Gasteiger partial charge in [0, 0.05) is 30.2 Å². The van der Waals surface area contributed by atoms with Crippen LogP contribution >= 0.6 is 0 Å². The van der Waals surface area contributed by atoms with Crippen molar-refractivity contribution in [3.63, 3.8) is 0 Å². The highest BCUT2D eigenvalue weighted by molar-refractivity contribution is 6.52. The van der Waals surface area contributed by atoms with Crippen molar-refractivity contribution in [2.24, 2.45) is 0 Å². The Morgan fingerprint density at radius 1 is 1.19 bits per heavy atom. The molecule has 1 aromatic heterocycles. The topological polar surface area (TPSA) is 43.4 Å². The molecule has 1 saturated heterocycles. The maximum atomic E-state index is 5.98. The zero-order valence-electron chi connectivity index (χ0n) is 13.3. The van der Waals surface area contributed by atoms with Crippen molar-refractivity contribution in [1.82, 2.24) is 4.98 Å². The van der Waals surface area contributed by atoms with Gasteiger partial charge in [-0.15, -0.1) is 0 Å². The van der Waals surface area contributed by atoms with Gasteiger partial charge >= 0.3 is 7.12 Å². The fourth-order valence-electron chi connectivity index (χ4n) is 2.70. The second-order valence-corrected chi connectivity index (χ2v) is 6.78. The van der Waals surface area contributed by atoms with Crippen LogP contribution in [-0.2, 0) is 15.7 Å². The normalized spacial score (nSPS) is 23.1. The zero-order chi connectivity index (χ0) is 15.1. The molecular weight excluding hydrogens is 263 g/mol. The van der Waals surface area contributed by atoms with Gasteiger partial charge in [-0.1, -0.05) is 12.1 Å². The predicted octanol–water partition coefficient (Wildman–Crippen LogP) is 3.08. The van der Waals surface area contributed by atoms with Crippen LogP contribution < -0.4 is 5.32 Å². The third-order valence-corrected chi connectivity index (χ3v) is 4.68. The summed E-state index contributed by atoms with van der Waals surface area (Å²) in [7, 11) is -0.311. The van der Waals surface area contributed by atoms with E-state index in [-0.39, 0.29) is 18.3 Å². The predicted molar refractivity (Wildman–Crippen MR) is 86.2 cm³/mol. The smallest absolute Gasteiger partial charge is 0.400 e. The molecular formula is C16H23BN2O2. The number of nitrogens with zero attached hydrogens (tertiary/aromatic N) is 1. The average molecular weight is 286 g/mol. The van der Waals surface area contributed by atoms with E-state index < -0.39 is 0 Å². The summed E-state index contributed by atoms with van der Waals surface area (Å²) in [4.78, 5) is 4.33. The van der Waals surface area contributed by atoms with Crippen LogP contribution in [0, 0.1) is 0 Å². The molecule has 0 spiro atoms. The standard InChI is InChI=1S/C16H23BN2O2/c1-15(2)16(3,4)21-17(20-15)8-7-13-11-18-10-12-6-5-9-19-14(12)13/h7-8,10-11,19H,5-6,9H2,1-4H3/b8-7+. The van der Waals surface area contributed by atoms with Gasteiger partial charge in [0.25, 0.3) is 0 Å². The van der Waals surface area contributed by atoms with Crippen molar-refractivity contribution in [2.45, 2.75) is 51.7 Å². The summed E-state index contributed by atoms with van der Waals surface area (Å²) in [5, 5.41) is 3.47. The van der Waals surface area contributed by atoms with Crippen molar-refractivity contribution in [3.05, 3.63) is 29.5 Å². The van der Waals surface area contributed by atoms with Crippen LogP contribution in [0.4, 0.5) is 5.69 Å². The Labute approximate surface area is 127 Å². The van der Waals surface area contributed by atoms with Gasteiger partial charge in [0.2, 0.25) is 0 Å². The molecule has 3 heterocycles. The molecule has 0 unspecified atom stereocenters. The summed E-state index contributed by atoms with van der Waals surface area (Å²) < 4.78 is 12.0. The molecule has 0 amide bonds. The Kier molecular flexibility index (Phi) is 3.58. The molecule has 112 valence electrons. The van der Waals surface area contributed by atoms with E-state index >= 15 is 0 Å². The van der Waals surface area contributed by atoms with Gasteiger partial charge in [-0.05, 0) is 46.1 Å². The number of fused-ring (bicyclic) bond motifs is 1. The summed E-state index contributed by atoms with van der Waals surface area (Å²) in [6.07, 6.45) is 8.14. The van der Waals surface area contributed by atoms with Gasteiger partial charge < -0.3 is 14.6 Å². The average Bonchev–Trinajstić information content (AvgIpc) is 2.64. The highest BCUT2D eigenvalue weighted by Crippen LogP contribution is 2.37. The van der Waals surface area contributed by atoms with Crippen molar-refractivity contribution in [2.75, 3.05) is 11.9 Å². The molecule has 0 atom stereocenters. The van der Waals surface area contributed by atoms with E-state index in [1.54, 1.807) is 0 Å². The Morgan fingerprint density at radius 2 is 1.90 bits per heavy atom. The van der Waals surface area contributed by atoms with Crippen LogP contribution in [0.15, 0.2) is 18.4 Å². The summed E-state index contributed by atoms with van der Waals surface area (Å²) >= 11 is 0. The fourth-order valence-corrected chi connectivity index (χ4v) is 2.70. The van der Waals surface area contributed by atoms with E-state index in [9.17, 15) is 0 Å². The van der Waals surface area contributed by atoms with Gasteiger partial charge in [0.15, 0.2) is 0 Å². The molecule has 0 saturated carbocycles. The summed E-state index contributed by atoms with van der Waals surface area (Å²) in [5.74, 6) is 1.98. The maximum absolute atomic E-state index is 5.98. The molecule has 1 aromatic rings. The molecule has 1 N–H and O–H groups in total. The number of pyridine rings is 1. The summed E-state index contributed by atoms with van der Waals surface area (Å²) in [5.41, 5.74) is 2.99. The largest absolute Gasteiger partial charge is 0.487 e. The minimum absolute atomic E-state index is 0.297. The quantitative estimate of drug-likeness (QED) is 0.848. The molecule has 0 aromatic carbocycles. The van der Waals surface area contributed by atoms with Crippen LogP contribution in [0.5, 0.6) is 0 Å². The number of rotatable bonds is 2. The number of anilines is 1. The van der Waals surface area contributed by atoms with Crippen molar-refractivity contribution >= 4 is 18.9 Å². The molecule has 3 rings (SSSR count). The van der Waals surface area contributed by atoms with Gasteiger partial charge in [0.1, 0.15) is 0 Å². The van der Waals surface area contributed by atoms with Gasteiger partial charge in [0.05, 0.1) is 11.2 Å². The molecule has 4 nitrogen and oxygen atoms in total. The van der Waals surface area contributed by atoms with Crippen molar-refractivity contribution < 1.29 is 9.31 Å². The van der Waals surface area contributed by atoms with E-state index in [1.165, 1.54) is 17.7 Å². The van der Waals surface area contributed by atoms with E-state index in [0.717, 1.165) is 18.5 Å². The summed E-state index contributed by atoms with van der Waals surface area (Å²) in [6, 6.07) is 0. The van der Waals surface area contributed by atoms with Gasteiger partial charge in [-0.25, -0.2) is 0 Å². The lowest BCUT2D eigenvalue weighted by Gasteiger charge is -2.32. The zero-order valence-corrected chi connectivity index (χ0v) is 13.3. The van der Waals surface area contributed by atoms with Crippen molar-refractivity contribution in [3.8, 4) is 0 Å². The molecule has 21 heavy (non-hydrogen) atoms. The highest BCUT2D eigenvalue weighted by atomic mass is 16.7. The molecule has 0 bridgehead atoms. The lowest BCUT2D eigenvalue weighted by molar-refractivity contribution is 0.00578. The van der Waals surface area contributed by atoms with Gasteiger partial charge in [-0.3, -0.25) is 4.98 Å². The molecule has 1 fully saturated rings. The highest BCUT2D eigenvalue weighted by Gasteiger charge is 2.50. The number of hydrogen-bond acceptors (Lipinski definition) is 4. The Morgan fingerprint density at radius 3 is 2.62 bits per heavy atom. The minimum Gasteiger partial charge on any atom is -0.400 e. The number of hydrogen-bond donors (Lipinski definition) is 1. The van der Waals surface area contributed by atoms with Crippen LogP contribution in [0.3, 0.4) is 0 Å². The van der Waals surface area contributed by atoms with Crippen LogP contribution in [-0.4, -0.2) is 29.8 Å². The monoisotopic (exact) mass is 286 g/mol. The number of aromatic nitrogens is 1. The summed E-state index contributed by atoms with van der Waals surface area (Å²) in [6.45, 7) is 9.28.